The summed E-state index contributed by atoms with van der Waals surface area (Å²) in [6.07, 6.45) is 3.59. The van der Waals surface area contributed by atoms with Crippen LogP contribution in [0.25, 0.3) is 0 Å². The molecule has 1 aromatic carbocycles. The van der Waals surface area contributed by atoms with Crippen LogP contribution in [0.5, 0.6) is 0 Å². The number of aryl methyl sites for hydroxylation is 1. The van der Waals surface area contributed by atoms with Gasteiger partial charge in [-0.1, -0.05) is 56.2 Å². The van der Waals surface area contributed by atoms with Gasteiger partial charge in [0.25, 0.3) is 0 Å². The highest BCUT2D eigenvalue weighted by Gasteiger charge is 2.08. The molecule has 0 fully saturated rings. The van der Waals surface area contributed by atoms with Crippen LogP contribution in [0.3, 0.4) is 0 Å². The Morgan fingerprint density at radius 3 is 2.12 bits per heavy atom. The van der Waals surface area contributed by atoms with Gasteiger partial charge in [0.2, 0.25) is 0 Å². The second-order valence-corrected chi connectivity index (χ2v) is 4.51. The standard InChI is InChI=1S/C15H22.C2H6/c1-5-14(9-6-12(2)3)15-10-7-13(4)8-11-15;1-2/h7-8,10-11,14H,2,5-6,9H2,1,3-4H3;1-2H3/t14-;/m0./s1. The van der Waals surface area contributed by atoms with Crippen molar-refractivity contribution in [1.29, 1.82) is 0 Å². The van der Waals surface area contributed by atoms with E-state index in [1.165, 1.54) is 29.5 Å². The Labute approximate surface area is 108 Å². The van der Waals surface area contributed by atoms with Crippen molar-refractivity contribution in [2.24, 2.45) is 0 Å². The number of hydrogen-bond acceptors (Lipinski definition) is 0. The minimum absolute atomic E-state index is 0.697. The first-order valence-electron chi connectivity index (χ1n) is 6.84. The molecule has 0 heteroatoms. The van der Waals surface area contributed by atoms with E-state index in [0.29, 0.717) is 5.92 Å². The minimum atomic E-state index is 0.697. The molecule has 0 spiro atoms. The maximum Gasteiger partial charge on any atom is -0.0162 e. The lowest BCUT2D eigenvalue weighted by Gasteiger charge is -2.15. The lowest BCUT2D eigenvalue weighted by molar-refractivity contribution is 0.604. The van der Waals surface area contributed by atoms with Crippen molar-refractivity contribution in [2.75, 3.05) is 0 Å². The Morgan fingerprint density at radius 1 is 1.18 bits per heavy atom. The minimum Gasteiger partial charge on any atom is -0.100 e. The topological polar surface area (TPSA) is 0 Å². The molecule has 0 unspecified atom stereocenters. The second kappa shape index (κ2) is 9.04. The largest absolute Gasteiger partial charge is 0.100 e. The van der Waals surface area contributed by atoms with Crippen LogP contribution in [0.15, 0.2) is 36.4 Å². The average molecular weight is 232 g/mol. The first-order valence-corrected chi connectivity index (χ1v) is 6.84. The summed E-state index contributed by atoms with van der Waals surface area (Å²) >= 11 is 0. The van der Waals surface area contributed by atoms with E-state index in [9.17, 15) is 0 Å². The Morgan fingerprint density at radius 2 is 1.71 bits per heavy atom. The van der Waals surface area contributed by atoms with Crippen molar-refractivity contribution < 1.29 is 0 Å². The smallest absolute Gasteiger partial charge is 0.0162 e. The Bertz CT molecular complexity index is 305. The molecule has 0 saturated carbocycles. The van der Waals surface area contributed by atoms with Gasteiger partial charge in [0.15, 0.2) is 0 Å². The summed E-state index contributed by atoms with van der Waals surface area (Å²) in [6.45, 7) is 14.5. The molecule has 0 heterocycles. The van der Waals surface area contributed by atoms with Gasteiger partial charge in [0.05, 0.1) is 0 Å². The summed E-state index contributed by atoms with van der Waals surface area (Å²) in [5.41, 5.74) is 4.11. The molecule has 0 N–H and O–H groups in total. The Balaban J connectivity index is 0.00000121. The van der Waals surface area contributed by atoms with Gasteiger partial charge in [-0.25, -0.2) is 0 Å². The second-order valence-electron chi connectivity index (χ2n) is 4.51. The summed E-state index contributed by atoms with van der Waals surface area (Å²) in [5, 5.41) is 0. The fraction of sp³-hybridized carbons (Fsp3) is 0.529. The zero-order valence-corrected chi connectivity index (χ0v) is 12.2. The molecule has 0 radical (unpaired) electrons. The highest BCUT2D eigenvalue weighted by Crippen LogP contribution is 2.26. The van der Waals surface area contributed by atoms with E-state index in [1.54, 1.807) is 0 Å². The summed E-state index contributed by atoms with van der Waals surface area (Å²) < 4.78 is 0. The predicted molar refractivity (Wildman–Crippen MR) is 79.6 cm³/mol. The molecule has 0 aliphatic rings. The summed E-state index contributed by atoms with van der Waals surface area (Å²) in [5.74, 6) is 0.697. The number of allylic oxidation sites excluding steroid dienone is 1. The first-order chi connectivity index (χ1) is 8.13. The van der Waals surface area contributed by atoms with Crippen LogP contribution in [-0.2, 0) is 0 Å². The van der Waals surface area contributed by atoms with E-state index >= 15 is 0 Å². The monoisotopic (exact) mass is 232 g/mol. The fourth-order valence-corrected chi connectivity index (χ4v) is 1.87. The third kappa shape index (κ3) is 6.31. The highest BCUT2D eigenvalue weighted by molar-refractivity contribution is 5.24. The van der Waals surface area contributed by atoms with E-state index in [2.05, 4.69) is 51.6 Å². The molecule has 0 aliphatic carbocycles. The number of hydrogen-bond donors (Lipinski definition) is 0. The van der Waals surface area contributed by atoms with Crippen LogP contribution in [0.1, 0.15) is 64.0 Å². The van der Waals surface area contributed by atoms with Gasteiger partial charge in [-0.2, -0.15) is 0 Å². The normalized spacial score (nSPS) is 11.4. The molecule has 0 aromatic heterocycles. The predicted octanol–water partition coefficient (Wildman–Crippen LogP) is 5.87. The van der Waals surface area contributed by atoms with Crippen LogP contribution in [-0.4, -0.2) is 0 Å². The molecule has 1 atom stereocenters. The summed E-state index contributed by atoms with van der Waals surface area (Å²) in [4.78, 5) is 0. The van der Waals surface area contributed by atoms with Gasteiger partial charge >= 0.3 is 0 Å². The Kier molecular flexibility index (Phi) is 8.49. The fourth-order valence-electron chi connectivity index (χ4n) is 1.87. The third-order valence-corrected chi connectivity index (χ3v) is 2.96. The van der Waals surface area contributed by atoms with Crippen LogP contribution in [0.4, 0.5) is 0 Å². The zero-order valence-electron chi connectivity index (χ0n) is 12.2. The number of rotatable bonds is 5. The molecule has 0 bridgehead atoms. The lowest BCUT2D eigenvalue weighted by Crippen LogP contribution is -1.97. The van der Waals surface area contributed by atoms with Gasteiger partial charge in [-0.3, -0.25) is 0 Å². The third-order valence-electron chi connectivity index (χ3n) is 2.96. The highest BCUT2D eigenvalue weighted by atomic mass is 14.1. The van der Waals surface area contributed by atoms with E-state index in [1.807, 2.05) is 13.8 Å². The SMILES string of the molecule is C=C(C)CC[C@H](CC)c1ccc(C)cc1.CC. The van der Waals surface area contributed by atoms with Crippen molar-refractivity contribution >= 4 is 0 Å². The summed E-state index contributed by atoms with van der Waals surface area (Å²) in [7, 11) is 0. The van der Waals surface area contributed by atoms with Gasteiger partial charge in [0, 0.05) is 0 Å². The molecule has 0 amide bonds. The lowest BCUT2D eigenvalue weighted by atomic mass is 9.90. The van der Waals surface area contributed by atoms with Crippen molar-refractivity contribution in [1.82, 2.24) is 0 Å². The zero-order chi connectivity index (χ0) is 13.3. The van der Waals surface area contributed by atoms with Gasteiger partial charge in [0.1, 0.15) is 0 Å². The van der Waals surface area contributed by atoms with Crippen LogP contribution in [0.2, 0.25) is 0 Å². The van der Waals surface area contributed by atoms with Crippen molar-refractivity contribution in [3.05, 3.63) is 47.5 Å². The first kappa shape index (κ1) is 16.0. The molecular weight excluding hydrogens is 204 g/mol. The average Bonchev–Trinajstić information content (AvgIpc) is 2.34. The van der Waals surface area contributed by atoms with Crippen LogP contribution in [0, 0.1) is 6.92 Å². The maximum atomic E-state index is 3.97. The van der Waals surface area contributed by atoms with Crippen LogP contribution >= 0.6 is 0 Å². The van der Waals surface area contributed by atoms with Crippen molar-refractivity contribution in [3.63, 3.8) is 0 Å². The molecule has 1 rings (SSSR count). The van der Waals surface area contributed by atoms with Crippen molar-refractivity contribution in [2.45, 2.75) is 59.8 Å². The van der Waals surface area contributed by atoms with Crippen molar-refractivity contribution in [3.8, 4) is 0 Å². The molecule has 0 nitrogen and oxygen atoms in total. The van der Waals surface area contributed by atoms with E-state index in [0.717, 1.165) is 6.42 Å². The van der Waals surface area contributed by atoms with E-state index in [4.69, 9.17) is 0 Å². The number of benzene rings is 1. The van der Waals surface area contributed by atoms with Gasteiger partial charge in [-0.05, 0) is 44.6 Å². The quantitative estimate of drug-likeness (QED) is 0.557. The van der Waals surface area contributed by atoms with Gasteiger partial charge in [-0.15, -0.1) is 6.58 Å². The molecule has 1 aromatic rings. The van der Waals surface area contributed by atoms with Gasteiger partial charge < -0.3 is 0 Å². The van der Waals surface area contributed by atoms with E-state index < -0.39 is 0 Å². The molecule has 0 saturated heterocycles. The Hall–Kier alpha value is -1.04. The summed E-state index contributed by atoms with van der Waals surface area (Å²) in [6, 6.07) is 8.95. The molecular formula is C17H28. The van der Waals surface area contributed by atoms with Crippen LogP contribution < -0.4 is 0 Å². The molecule has 17 heavy (non-hydrogen) atoms. The maximum absolute atomic E-state index is 3.97. The molecule has 0 aliphatic heterocycles. The molecule has 96 valence electrons. The van der Waals surface area contributed by atoms with E-state index in [-0.39, 0.29) is 0 Å².